The summed E-state index contributed by atoms with van der Waals surface area (Å²) >= 11 is 0. The van der Waals surface area contributed by atoms with Gasteiger partial charge >= 0.3 is 0 Å². The highest BCUT2D eigenvalue weighted by molar-refractivity contribution is 6.04. The summed E-state index contributed by atoms with van der Waals surface area (Å²) in [5, 5.41) is 6.22. The third-order valence-corrected chi connectivity index (χ3v) is 3.42. The molecule has 0 bridgehead atoms. The Kier molecular flexibility index (Phi) is 4.64. The number of hydrogen-bond acceptors (Lipinski definition) is 3. The molecule has 0 radical (unpaired) electrons. The monoisotopic (exact) mass is 303 g/mol. The van der Waals surface area contributed by atoms with E-state index in [1.165, 1.54) is 5.56 Å². The average Bonchev–Trinajstić information content (AvgIpc) is 2.63. The van der Waals surface area contributed by atoms with Gasteiger partial charge in [-0.15, -0.1) is 0 Å². The van der Waals surface area contributed by atoms with E-state index in [1.54, 1.807) is 24.5 Å². The molecule has 4 heteroatoms. The van der Waals surface area contributed by atoms with Crippen molar-refractivity contribution < 1.29 is 4.79 Å². The van der Waals surface area contributed by atoms with Gasteiger partial charge in [0, 0.05) is 35.9 Å². The van der Waals surface area contributed by atoms with E-state index in [0.717, 1.165) is 17.9 Å². The minimum atomic E-state index is -0.108. The maximum absolute atomic E-state index is 12.1. The lowest BCUT2D eigenvalue weighted by atomic mass is 10.2. The van der Waals surface area contributed by atoms with Crippen molar-refractivity contribution in [3.8, 4) is 0 Å². The smallest absolute Gasteiger partial charge is 0.255 e. The molecule has 23 heavy (non-hydrogen) atoms. The summed E-state index contributed by atoms with van der Waals surface area (Å²) in [6.45, 7) is 0.734. The number of hydrogen-bond donors (Lipinski definition) is 2. The van der Waals surface area contributed by atoms with Gasteiger partial charge in [-0.05, 0) is 54.1 Å². The lowest BCUT2D eigenvalue weighted by Crippen LogP contribution is -2.11. The first kappa shape index (κ1) is 14.8. The van der Waals surface area contributed by atoms with Crippen molar-refractivity contribution in [3.05, 3.63) is 90.3 Å². The highest BCUT2D eigenvalue weighted by Gasteiger charge is 2.04. The second kappa shape index (κ2) is 7.22. The Hall–Kier alpha value is -3.14. The minimum Gasteiger partial charge on any atom is -0.381 e. The summed E-state index contributed by atoms with van der Waals surface area (Å²) in [4.78, 5) is 16.1. The average molecular weight is 303 g/mol. The molecule has 1 aromatic heterocycles. The van der Waals surface area contributed by atoms with Crippen molar-refractivity contribution in [3.63, 3.8) is 0 Å². The van der Waals surface area contributed by atoms with Crippen LogP contribution in [-0.2, 0) is 6.54 Å². The molecule has 0 atom stereocenters. The van der Waals surface area contributed by atoms with Crippen molar-refractivity contribution >= 4 is 17.3 Å². The zero-order valence-corrected chi connectivity index (χ0v) is 12.6. The van der Waals surface area contributed by atoms with E-state index in [9.17, 15) is 4.79 Å². The van der Waals surface area contributed by atoms with Crippen LogP contribution in [0.1, 0.15) is 15.9 Å². The third-order valence-electron chi connectivity index (χ3n) is 3.42. The molecule has 1 heterocycles. The summed E-state index contributed by atoms with van der Waals surface area (Å²) in [5.74, 6) is -0.108. The van der Waals surface area contributed by atoms with Crippen LogP contribution < -0.4 is 10.6 Å². The first-order valence-corrected chi connectivity index (χ1v) is 7.40. The lowest BCUT2D eigenvalue weighted by molar-refractivity contribution is 0.102. The Labute approximate surface area is 135 Å². The number of carbonyl (C=O) groups is 1. The van der Waals surface area contributed by atoms with Gasteiger partial charge in [0.15, 0.2) is 0 Å². The molecule has 2 aromatic carbocycles. The highest BCUT2D eigenvalue weighted by Crippen LogP contribution is 2.15. The maximum atomic E-state index is 12.1. The first-order valence-electron chi connectivity index (χ1n) is 7.40. The number of amides is 1. The fourth-order valence-electron chi connectivity index (χ4n) is 2.17. The van der Waals surface area contributed by atoms with Gasteiger partial charge in [-0.2, -0.15) is 0 Å². The van der Waals surface area contributed by atoms with Crippen LogP contribution in [0.15, 0.2) is 79.1 Å². The number of aromatic nitrogens is 1. The van der Waals surface area contributed by atoms with Crippen LogP contribution in [0, 0.1) is 0 Å². The normalized spacial score (nSPS) is 10.1. The van der Waals surface area contributed by atoms with Gasteiger partial charge in [0.05, 0.1) is 0 Å². The van der Waals surface area contributed by atoms with Crippen molar-refractivity contribution in [2.24, 2.45) is 0 Å². The van der Waals surface area contributed by atoms with E-state index in [1.807, 2.05) is 54.6 Å². The molecule has 0 saturated heterocycles. The van der Waals surface area contributed by atoms with Gasteiger partial charge in [0.2, 0.25) is 0 Å². The van der Waals surface area contributed by atoms with E-state index in [2.05, 4.69) is 15.6 Å². The van der Waals surface area contributed by atoms with Gasteiger partial charge in [0.1, 0.15) is 0 Å². The number of anilines is 2. The zero-order valence-electron chi connectivity index (χ0n) is 12.6. The number of rotatable bonds is 5. The highest BCUT2D eigenvalue weighted by atomic mass is 16.1. The van der Waals surface area contributed by atoms with E-state index in [0.29, 0.717) is 5.56 Å². The minimum absolute atomic E-state index is 0.108. The van der Waals surface area contributed by atoms with Crippen LogP contribution in [-0.4, -0.2) is 10.9 Å². The Morgan fingerprint density at radius 2 is 1.48 bits per heavy atom. The van der Waals surface area contributed by atoms with E-state index in [4.69, 9.17) is 0 Å². The number of nitrogens with zero attached hydrogens (tertiary/aromatic N) is 1. The predicted octanol–water partition coefficient (Wildman–Crippen LogP) is 3.95. The largest absolute Gasteiger partial charge is 0.381 e. The van der Waals surface area contributed by atoms with Crippen LogP contribution in [0.5, 0.6) is 0 Å². The number of nitrogens with one attached hydrogen (secondary N) is 2. The summed E-state index contributed by atoms with van der Waals surface area (Å²) in [6, 6.07) is 20.8. The quantitative estimate of drug-likeness (QED) is 0.750. The molecule has 0 saturated carbocycles. The van der Waals surface area contributed by atoms with E-state index in [-0.39, 0.29) is 5.91 Å². The summed E-state index contributed by atoms with van der Waals surface area (Å²) in [6.07, 6.45) is 3.55. The molecule has 3 rings (SSSR count). The summed E-state index contributed by atoms with van der Waals surface area (Å²) in [5.41, 5.74) is 3.58. The molecule has 3 aromatic rings. The van der Waals surface area contributed by atoms with Crippen molar-refractivity contribution in [1.29, 1.82) is 0 Å². The molecule has 0 spiro atoms. The van der Waals surface area contributed by atoms with Crippen LogP contribution in [0.3, 0.4) is 0 Å². The van der Waals surface area contributed by atoms with Crippen molar-refractivity contribution in [1.82, 2.24) is 4.98 Å². The molecular formula is C19H17N3O. The molecule has 4 nitrogen and oxygen atoms in total. The SMILES string of the molecule is O=C(Nc1ccc(NCc2ccncc2)cc1)c1ccccc1. The zero-order chi connectivity index (χ0) is 15.9. The lowest BCUT2D eigenvalue weighted by Gasteiger charge is -2.09. The first-order chi connectivity index (χ1) is 11.3. The van der Waals surface area contributed by atoms with Gasteiger partial charge in [0.25, 0.3) is 5.91 Å². The van der Waals surface area contributed by atoms with Crippen LogP contribution >= 0.6 is 0 Å². The number of benzene rings is 2. The van der Waals surface area contributed by atoms with Gasteiger partial charge in [-0.1, -0.05) is 18.2 Å². The fraction of sp³-hybridized carbons (Fsp3) is 0.0526. The van der Waals surface area contributed by atoms with E-state index >= 15 is 0 Å². The molecule has 0 unspecified atom stereocenters. The van der Waals surface area contributed by atoms with Gasteiger partial charge < -0.3 is 10.6 Å². The molecular weight excluding hydrogens is 286 g/mol. The molecule has 0 fully saturated rings. The molecule has 114 valence electrons. The van der Waals surface area contributed by atoms with Crippen LogP contribution in [0.25, 0.3) is 0 Å². The predicted molar refractivity (Wildman–Crippen MR) is 92.4 cm³/mol. The number of carbonyl (C=O) groups excluding carboxylic acids is 1. The molecule has 2 N–H and O–H groups in total. The molecule has 0 aliphatic rings. The number of pyridine rings is 1. The van der Waals surface area contributed by atoms with Crippen molar-refractivity contribution in [2.45, 2.75) is 6.54 Å². The Morgan fingerprint density at radius 1 is 0.826 bits per heavy atom. The molecule has 0 aliphatic heterocycles. The molecule has 0 aliphatic carbocycles. The summed E-state index contributed by atoms with van der Waals surface area (Å²) < 4.78 is 0. The van der Waals surface area contributed by atoms with Gasteiger partial charge in [-0.3, -0.25) is 9.78 Å². The van der Waals surface area contributed by atoms with Gasteiger partial charge in [-0.25, -0.2) is 0 Å². The second-order valence-corrected chi connectivity index (χ2v) is 5.11. The second-order valence-electron chi connectivity index (χ2n) is 5.11. The Morgan fingerprint density at radius 3 is 2.17 bits per heavy atom. The topological polar surface area (TPSA) is 54.0 Å². The molecule has 1 amide bonds. The third kappa shape index (κ3) is 4.17. The van der Waals surface area contributed by atoms with Crippen LogP contribution in [0.2, 0.25) is 0 Å². The Balaban J connectivity index is 1.58. The fourth-order valence-corrected chi connectivity index (χ4v) is 2.17. The Bertz CT molecular complexity index is 756. The van der Waals surface area contributed by atoms with Crippen molar-refractivity contribution in [2.75, 3.05) is 10.6 Å². The van der Waals surface area contributed by atoms with E-state index < -0.39 is 0 Å². The maximum Gasteiger partial charge on any atom is 0.255 e. The van der Waals surface area contributed by atoms with Crippen LogP contribution in [0.4, 0.5) is 11.4 Å². The summed E-state index contributed by atoms with van der Waals surface area (Å²) in [7, 11) is 0. The standard InChI is InChI=1S/C19H17N3O/c23-19(16-4-2-1-3-5-16)22-18-8-6-17(7-9-18)21-14-15-10-12-20-13-11-15/h1-13,21H,14H2,(H,22,23).